The van der Waals surface area contributed by atoms with Crippen LogP contribution in [-0.2, 0) is 5.54 Å². The van der Waals surface area contributed by atoms with Crippen LogP contribution < -0.4 is 0 Å². The second-order valence-corrected chi connectivity index (χ2v) is 5.67. The third-order valence-electron chi connectivity index (χ3n) is 2.44. The average molecular weight is 298 g/mol. The molecule has 0 unspecified atom stereocenters. The molecule has 0 amide bonds. The summed E-state index contributed by atoms with van der Waals surface area (Å²) in [7, 11) is 0. The Balaban J connectivity index is 2.61. The normalized spacial score (nSPS) is 11.8. The molecule has 0 aliphatic heterocycles. The highest BCUT2D eigenvalue weighted by atomic mass is 79.9. The molecule has 0 N–H and O–H groups in total. The molecule has 0 saturated heterocycles. The highest BCUT2D eigenvalue weighted by molar-refractivity contribution is 9.10. The predicted octanol–water partition coefficient (Wildman–Crippen LogP) is 3.60. The van der Waals surface area contributed by atoms with E-state index in [-0.39, 0.29) is 11.4 Å². The van der Waals surface area contributed by atoms with Crippen molar-refractivity contribution in [3.8, 4) is 11.4 Å². The van der Waals surface area contributed by atoms with E-state index in [0.29, 0.717) is 11.4 Å². The van der Waals surface area contributed by atoms with Gasteiger partial charge in [-0.2, -0.15) is 0 Å². The van der Waals surface area contributed by atoms with Gasteiger partial charge in [0.15, 0.2) is 5.82 Å². The predicted molar refractivity (Wildman–Crippen MR) is 68.1 cm³/mol. The zero-order valence-corrected chi connectivity index (χ0v) is 11.5. The van der Waals surface area contributed by atoms with E-state index in [1.165, 1.54) is 12.1 Å². The van der Waals surface area contributed by atoms with E-state index in [4.69, 9.17) is 0 Å². The topological polar surface area (TPSA) is 30.7 Å². The Labute approximate surface area is 108 Å². The summed E-state index contributed by atoms with van der Waals surface area (Å²) in [5.74, 6) is 0.371. The number of hydrogen-bond acceptors (Lipinski definition) is 2. The van der Waals surface area contributed by atoms with Crippen molar-refractivity contribution in [1.29, 1.82) is 0 Å². The fourth-order valence-corrected chi connectivity index (χ4v) is 2.00. The van der Waals surface area contributed by atoms with E-state index in [0.717, 1.165) is 4.47 Å². The Morgan fingerprint density at radius 2 is 2.00 bits per heavy atom. The Hall–Kier alpha value is -1.23. The van der Waals surface area contributed by atoms with E-state index >= 15 is 0 Å². The summed E-state index contributed by atoms with van der Waals surface area (Å²) in [6, 6.07) is 4.54. The number of aromatic nitrogens is 3. The largest absolute Gasteiger partial charge is 0.308 e. The summed E-state index contributed by atoms with van der Waals surface area (Å²) in [6.45, 7) is 6.15. The quantitative estimate of drug-likeness (QED) is 0.805. The van der Waals surface area contributed by atoms with Gasteiger partial charge in [0.2, 0.25) is 0 Å². The molecule has 0 fully saturated rings. The molecule has 17 heavy (non-hydrogen) atoms. The molecule has 0 spiro atoms. The Kier molecular flexibility index (Phi) is 3.03. The monoisotopic (exact) mass is 297 g/mol. The molecule has 1 aromatic heterocycles. The molecule has 1 aromatic carbocycles. The van der Waals surface area contributed by atoms with Gasteiger partial charge in [0.25, 0.3) is 0 Å². The number of hydrogen-bond donors (Lipinski definition) is 0. The lowest BCUT2D eigenvalue weighted by molar-refractivity contribution is 0.399. The minimum atomic E-state index is -0.286. The standard InChI is InChI=1S/C12H13BrFN3/c1-12(2,3)17-7-15-16-11(17)9-6-8(14)4-5-10(9)13/h4-7H,1-3H3. The van der Waals surface area contributed by atoms with Gasteiger partial charge in [-0.15, -0.1) is 10.2 Å². The maximum absolute atomic E-state index is 13.3. The molecule has 0 saturated carbocycles. The molecule has 0 atom stereocenters. The zero-order valence-electron chi connectivity index (χ0n) is 9.91. The van der Waals surface area contributed by atoms with Crippen LogP contribution in [-0.4, -0.2) is 14.8 Å². The molecule has 5 heteroatoms. The van der Waals surface area contributed by atoms with Crippen LogP contribution in [0.3, 0.4) is 0 Å². The second kappa shape index (κ2) is 4.22. The summed E-state index contributed by atoms with van der Waals surface area (Å²) in [4.78, 5) is 0. The highest BCUT2D eigenvalue weighted by Crippen LogP contribution is 2.30. The summed E-state index contributed by atoms with van der Waals surface area (Å²) >= 11 is 3.40. The number of nitrogens with zero attached hydrogens (tertiary/aromatic N) is 3. The van der Waals surface area contributed by atoms with Crippen molar-refractivity contribution in [2.24, 2.45) is 0 Å². The van der Waals surface area contributed by atoms with Crippen LogP contribution in [0.15, 0.2) is 29.0 Å². The van der Waals surface area contributed by atoms with Crippen molar-refractivity contribution >= 4 is 15.9 Å². The van der Waals surface area contributed by atoms with E-state index in [9.17, 15) is 4.39 Å². The van der Waals surface area contributed by atoms with Crippen LogP contribution in [0, 0.1) is 5.82 Å². The van der Waals surface area contributed by atoms with Crippen molar-refractivity contribution in [1.82, 2.24) is 14.8 Å². The van der Waals surface area contributed by atoms with Crippen LogP contribution in [0.2, 0.25) is 0 Å². The lowest BCUT2D eigenvalue weighted by atomic mass is 10.1. The molecule has 0 aliphatic rings. The highest BCUT2D eigenvalue weighted by Gasteiger charge is 2.20. The Morgan fingerprint density at radius 1 is 1.29 bits per heavy atom. The molecule has 3 nitrogen and oxygen atoms in total. The fraction of sp³-hybridized carbons (Fsp3) is 0.333. The van der Waals surface area contributed by atoms with Crippen LogP contribution >= 0.6 is 15.9 Å². The maximum Gasteiger partial charge on any atom is 0.165 e. The first-order chi connectivity index (χ1) is 7.89. The summed E-state index contributed by atoms with van der Waals surface area (Å²) in [6.07, 6.45) is 1.66. The maximum atomic E-state index is 13.3. The summed E-state index contributed by atoms with van der Waals surface area (Å²) in [5.41, 5.74) is 0.558. The summed E-state index contributed by atoms with van der Waals surface area (Å²) < 4.78 is 16.0. The number of halogens is 2. The van der Waals surface area contributed by atoms with Crippen molar-refractivity contribution < 1.29 is 4.39 Å². The molecule has 2 rings (SSSR count). The van der Waals surface area contributed by atoms with Crippen molar-refractivity contribution in [3.05, 3.63) is 34.8 Å². The third-order valence-corrected chi connectivity index (χ3v) is 3.13. The van der Waals surface area contributed by atoms with Gasteiger partial charge >= 0.3 is 0 Å². The zero-order chi connectivity index (χ0) is 12.6. The van der Waals surface area contributed by atoms with E-state index < -0.39 is 0 Å². The van der Waals surface area contributed by atoms with Crippen molar-refractivity contribution in [2.45, 2.75) is 26.3 Å². The van der Waals surface area contributed by atoms with E-state index in [1.807, 2.05) is 25.3 Å². The first-order valence-electron chi connectivity index (χ1n) is 5.25. The van der Waals surface area contributed by atoms with Gasteiger partial charge in [-0.1, -0.05) is 15.9 Å². The molecule has 0 bridgehead atoms. The minimum absolute atomic E-state index is 0.148. The van der Waals surface area contributed by atoms with Gasteiger partial charge in [-0.25, -0.2) is 4.39 Å². The van der Waals surface area contributed by atoms with Crippen LogP contribution in [0.5, 0.6) is 0 Å². The van der Waals surface area contributed by atoms with Crippen LogP contribution in [0.25, 0.3) is 11.4 Å². The molecule has 1 heterocycles. The van der Waals surface area contributed by atoms with Gasteiger partial charge in [0, 0.05) is 15.6 Å². The van der Waals surface area contributed by atoms with Gasteiger partial charge in [0.05, 0.1) is 0 Å². The van der Waals surface area contributed by atoms with Crippen LogP contribution in [0.4, 0.5) is 4.39 Å². The average Bonchev–Trinajstić information content (AvgIpc) is 2.69. The minimum Gasteiger partial charge on any atom is -0.308 e. The summed E-state index contributed by atoms with van der Waals surface area (Å²) in [5, 5.41) is 7.98. The van der Waals surface area contributed by atoms with E-state index in [2.05, 4.69) is 26.1 Å². The lowest BCUT2D eigenvalue weighted by Gasteiger charge is -2.22. The van der Waals surface area contributed by atoms with Gasteiger partial charge < -0.3 is 4.57 Å². The SMILES string of the molecule is CC(C)(C)n1cnnc1-c1cc(F)ccc1Br. The smallest absolute Gasteiger partial charge is 0.165 e. The Bertz CT molecular complexity index is 543. The van der Waals surface area contributed by atoms with Gasteiger partial charge in [-0.3, -0.25) is 0 Å². The van der Waals surface area contributed by atoms with Gasteiger partial charge in [0.1, 0.15) is 12.1 Å². The molecule has 90 valence electrons. The molecule has 2 aromatic rings. The molecule has 0 radical (unpaired) electrons. The lowest BCUT2D eigenvalue weighted by Crippen LogP contribution is -2.22. The van der Waals surface area contributed by atoms with Crippen LogP contribution in [0.1, 0.15) is 20.8 Å². The van der Waals surface area contributed by atoms with Crippen molar-refractivity contribution in [2.75, 3.05) is 0 Å². The van der Waals surface area contributed by atoms with Crippen molar-refractivity contribution in [3.63, 3.8) is 0 Å². The first-order valence-corrected chi connectivity index (χ1v) is 6.05. The third kappa shape index (κ3) is 2.39. The first kappa shape index (κ1) is 12.2. The molecule has 0 aliphatic carbocycles. The van der Waals surface area contributed by atoms with Gasteiger partial charge in [-0.05, 0) is 39.0 Å². The fourth-order valence-electron chi connectivity index (χ4n) is 1.58. The number of rotatable bonds is 1. The number of benzene rings is 1. The molecular formula is C12H13BrFN3. The van der Waals surface area contributed by atoms with E-state index in [1.54, 1.807) is 12.4 Å². The molecular weight excluding hydrogens is 285 g/mol. The Morgan fingerprint density at radius 3 is 2.65 bits per heavy atom. The second-order valence-electron chi connectivity index (χ2n) is 4.82.